The second kappa shape index (κ2) is 7.94. The van der Waals surface area contributed by atoms with E-state index in [2.05, 4.69) is 29.1 Å². The van der Waals surface area contributed by atoms with Crippen LogP contribution in [0, 0.1) is 26.6 Å². The lowest BCUT2D eigenvalue weighted by atomic mass is 10.1. The summed E-state index contributed by atoms with van der Waals surface area (Å²) >= 11 is 3.10. The Morgan fingerprint density at radius 3 is 2.48 bits per heavy atom. The predicted octanol–water partition coefficient (Wildman–Crippen LogP) is 5.11. The number of carbonyl (C=O) groups excluding carboxylic acids is 1. The molecule has 3 aromatic rings. The highest BCUT2D eigenvalue weighted by Gasteiger charge is 2.21. The zero-order valence-corrected chi connectivity index (χ0v) is 17.6. The third-order valence-electron chi connectivity index (χ3n) is 4.49. The summed E-state index contributed by atoms with van der Waals surface area (Å²) < 4.78 is 13.1. The fourth-order valence-corrected chi connectivity index (χ4v) is 4.99. The first-order valence-corrected chi connectivity index (χ1v) is 10.4. The summed E-state index contributed by atoms with van der Waals surface area (Å²) in [4.78, 5) is 24.0. The highest BCUT2D eigenvalue weighted by atomic mass is 32.2. The van der Waals surface area contributed by atoms with Gasteiger partial charge in [-0.25, -0.2) is 14.4 Å². The van der Waals surface area contributed by atoms with E-state index in [1.165, 1.54) is 34.3 Å². The van der Waals surface area contributed by atoms with Gasteiger partial charge in [-0.15, -0.1) is 11.3 Å². The second-order valence-corrected chi connectivity index (χ2v) is 9.11. The summed E-state index contributed by atoms with van der Waals surface area (Å²) in [5.41, 5.74) is 2.04. The maximum atomic E-state index is 13.1. The maximum absolute atomic E-state index is 13.1. The molecular weight excluding hydrogens is 381 g/mol. The zero-order valence-electron chi connectivity index (χ0n) is 16.0. The van der Waals surface area contributed by atoms with Crippen LogP contribution in [0.25, 0.3) is 10.2 Å². The Hall–Kier alpha value is -1.99. The number of aryl methyl sites for hydroxylation is 3. The quantitative estimate of drug-likeness (QED) is 0.475. The Morgan fingerprint density at radius 2 is 1.81 bits per heavy atom. The molecule has 0 radical (unpaired) electrons. The van der Waals surface area contributed by atoms with Gasteiger partial charge in [0, 0.05) is 10.3 Å². The van der Waals surface area contributed by atoms with Crippen LogP contribution in [-0.4, -0.2) is 21.1 Å². The van der Waals surface area contributed by atoms with Crippen LogP contribution in [0.15, 0.2) is 29.3 Å². The second-order valence-electron chi connectivity index (χ2n) is 6.58. The molecule has 2 atom stereocenters. The SMILES string of the molecule is Cc1nc(S[C@@H](C)C(=O)N[C@@H](C)c2ccc(F)cc2)c2c(C)c(C)sc2n1. The van der Waals surface area contributed by atoms with Crippen molar-refractivity contribution >= 4 is 39.2 Å². The van der Waals surface area contributed by atoms with Gasteiger partial charge in [0.15, 0.2) is 0 Å². The molecule has 0 aliphatic rings. The number of benzene rings is 1. The molecule has 7 heteroatoms. The number of thiophene rings is 1. The fraction of sp³-hybridized carbons (Fsp3) is 0.350. The van der Waals surface area contributed by atoms with Crippen molar-refractivity contribution in [3.05, 3.63) is 51.9 Å². The Labute approximate surface area is 166 Å². The number of thioether (sulfide) groups is 1. The van der Waals surface area contributed by atoms with Crippen LogP contribution in [0.2, 0.25) is 0 Å². The van der Waals surface area contributed by atoms with Gasteiger partial charge in [-0.3, -0.25) is 4.79 Å². The lowest BCUT2D eigenvalue weighted by Gasteiger charge is -2.18. The van der Waals surface area contributed by atoms with E-state index in [-0.39, 0.29) is 23.0 Å². The average Bonchev–Trinajstić information content (AvgIpc) is 2.89. The molecule has 142 valence electrons. The zero-order chi connectivity index (χ0) is 19.7. The normalized spacial score (nSPS) is 13.6. The summed E-state index contributed by atoms with van der Waals surface area (Å²) in [6, 6.07) is 5.98. The molecule has 3 rings (SSSR count). The minimum Gasteiger partial charge on any atom is -0.349 e. The van der Waals surface area contributed by atoms with Crippen molar-refractivity contribution in [3.8, 4) is 0 Å². The number of nitrogens with one attached hydrogen (secondary N) is 1. The molecule has 0 unspecified atom stereocenters. The van der Waals surface area contributed by atoms with Gasteiger partial charge < -0.3 is 5.32 Å². The number of rotatable bonds is 5. The number of aromatic nitrogens is 2. The van der Waals surface area contributed by atoms with Crippen molar-refractivity contribution in [1.29, 1.82) is 0 Å². The number of halogens is 1. The van der Waals surface area contributed by atoms with Crippen LogP contribution < -0.4 is 5.32 Å². The molecule has 1 amide bonds. The van der Waals surface area contributed by atoms with E-state index in [9.17, 15) is 9.18 Å². The van der Waals surface area contributed by atoms with Gasteiger partial charge in [-0.1, -0.05) is 23.9 Å². The van der Waals surface area contributed by atoms with E-state index in [1.807, 2.05) is 20.8 Å². The van der Waals surface area contributed by atoms with E-state index < -0.39 is 0 Å². The van der Waals surface area contributed by atoms with Crippen molar-refractivity contribution < 1.29 is 9.18 Å². The Kier molecular flexibility index (Phi) is 5.81. The number of fused-ring (bicyclic) bond motifs is 1. The topological polar surface area (TPSA) is 54.9 Å². The molecule has 27 heavy (non-hydrogen) atoms. The minimum absolute atomic E-state index is 0.0779. The van der Waals surface area contributed by atoms with Crippen molar-refractivity contribution in [1.82, 2.24) is 15.3 Å². The van der Waals surface area contributed by atoms with Gasteiger partial charge in [0.1, 0.15) is 21.5 Å². The van der Waals surface area contributed by atoms with Gasteiger partial charge in [0.05, 0.1) is 11.3 Å². The van der Waals surface area contributed by atoms with Gasteiger partial charge in [-0.05, 0) is 57.9 Å². The maximum Gasteiger partial charge on any atom is 0.233 e. The van der Waals surface area contributed by atoms with Crippen molar-refractivity contribution in [2.45, 2.75) is 50.9 Å². The molecule has 0 aliphatic carbocycles. The smallest absolute Gasteiger partial charge is 0.233 e. The third kappa shape index (κ3) is 4.30. The molecule has 0 saturated carbocycles. The van der Waals surface area contributed by atoms with E-state index in [0.29, 0.717) is 5.82 Å². The molecule has 0 bridgehead atoms. The number of nitrogens with zero attached hydrogens (tertiary/aromatic N) is 2. The standard InChI is InChI=1S/C20H22FN3OS2/c1-10-12(3)26-19-17(10)20(24-14(5)23-19)27-13(4)18(25)22-11(2)15-6-8-16(21)9-7-15/h6-9,11,13H,1-5H3,(H,22,25)/t11-,13-/m0/s1. The summed E-state index contributed by atoms with van der Waals surface area (Å²) in [5.74, 6) is 0.343. The Bertz CT molecular complexity index is 985. The first-order chi connectivity index (χ1) is 12.8. The molecule has 0 fully saturated rings. The fourth-order valence-electron chi connectivity index (χ4n) is 2.79. The van der Waals surface area contributed by atoms with Crippen molar-refractivity contribution in [3.63, 3.8) is 0 Å². The summed E-state index contributed by atoms with van der Waals surface area (Å²) in [7, 11) is 0. The van der Waals surface area contributed by atoms with E-state index >= 15 is 0 Å². The van der Waals surface area contributed by atoms with Gasteiger partial charge >= 0.3 is 0 Å². The number of hydrogen-bond donors (Lipinski definition) is 1. The molecule has 1 aromatic carbocycles. The first-order valence-electron chi connectivity index (χ1n) is 8.73. The summed E-state index contributed by atoms with van der Waals surface area (Å²) in [6.07, 6.45) is 0. The van der Waals surface area contributed by atoms with Crippen molar-refractivity contribution in [2.75, 3.05) is 0 Å². The van der Waals surface area contributed by atoms with E-state index in [4.69, 9.17) is 0 Å². The highest BCUT2D eigenvalue weighted by Crippen LogP contribution is 2.36. The van der Waals surface area contributed by atoms with Gasteiger partial charge in [0.25, 0.3) is 0 Å². The predicted molar refractivity (Wildman–Crippen MR) is 110 cm³/mol. The number of hydrogen-bond acceptors (Lipinski definition) is 5. The third-order valence-corrected chi connectivity index (χ3v) is 6.68. The van der Waals surface area contributed by atoms with Crippen LogP contribution in [0.1, 0.15) is 41.7 Å². The van der Waals surface area contributed by atoms with Crippen LogP contribution in [0.3, 0.4) is 0 Å². The molecule has 2 heterocycles. The first kappa shape index (κ1) is 19.8. The van der Waals surface area contributed by atoms with Crippen LogP contribution in [-0.2, 0) is 4.79 Å². The molecule has 4 nitrogen and oxygen atoms in total. The van der Waals surface area contributed by atoms with Crippen molar-refractivity contribution in [2.24, 2.45) is 0 Å². The largest absolute Gasteiger partial charge is 0.349 e. The monoisotopic (exact) mass is 403 g/mol. The molecule has 0 saturated heterocycles. The molecule has 1 N–H and O–H groups in total. The molecule has 2 aromatic heterocycles. The Morgan fingerprint density at radius 1 is 1.15 bits per heavy atom. The highest BCUT2D eigenvalue weighted by molar-refractivity contribution is 8.00. The number of carbonyl (C=O) groups is 1. The summed E-state index contributed by atoms with van der Waals surface area (Å²) in [6.45, 7) is 9.77. The van der Waals surface area contributed by atoms with E-state index in [1.54, 1.807) is 23.5 Å². The van der Waals surface area contributed by atoms with E-state index in [0.717, 1.165) is 20.8 Å². The number of amides is 1. The average molecular weight is 404 g/mol. The molecule has 0 aliphatic heterocycles. The van der Waals surface area contributed by atoms with Crippen LogP contribution in [0.4, 0.5) is 4.39 Å². The van der Waals surface area contributed by atoms with Gasteiger partial charge in [0.2, 0.25) is 5.91 Å². The molecule has 0 spiro atoms. The van der Waals surface area contributed by atoms with Crippen LogP contribution in [0.5, 0.6) is 0 Å². The molecular formula is C20H22FN3OS2. The Balaban J connectivity index is 1.77. The van der Waals surface area contributed by atoms with Gasteiger partial charge in [-0.2, -0.15) is 0 Å². The lowest BCUT2D eigenvalue weighted by Crippen LogP contribution is -2.33. The summed E-state index contributed by atoms with van der Waals surface area (Å²) in [5, 5.41) is 4.57. The minimum atomic E-state index is -0.315. The lowest BCUT2D eigenvalue weighted by molar-refractivity contribution is -0.120. The van der Waals surface area contributed by atoms with Crippen LogP contribution >= 0.6 is 23.1 Å².